The summed E-state index contributed by atoms with van der Waals surface area (Å²) in [6.45, 7) is 5.53. The lowest BCUT2D eigenvalue weighted by Crippen LogP contribution is -2.42. The van der Waals surface area contributed by atoms with Gasteiger partial charge in [-0.2, -0.15) is 0 Å². The van der Waals surface area contributed by atoms with E-state index in [2.05, 4.69) is 32.8 Å². The minimum atomic E-state index is -0.484. The summed E-state index contributed by atoms with van der Waals surface area (Å²) in [4.78, 5) is 11.6. The minimum Gasteiger partial charge on any atom is -0.443 e. The molecule has 0 fully saturated rings. The summed E-state index contributed by atoms with van der Waals surface area (Å²) >= 11 is 3.55. The molecule has 5 heteroatoms. The van der Waals surface area contributed by atoms with Crippen molar-refractivity contribution in [1.29, 1.82) is 0 Å². The van der Waals surface area contributed by atoms with E-state index in [4.69, 9.17) is 4.74 Å². The van der Waals surface area contributed by atoms with E-state index in [-0.39, 0.29) is 6.04 Å². The minimum absolute atomic E-state index is 0.139. The number of fused-ring (bicyclic) bond motifs is 1. The van der Waals surface area contributed by atoms with Gasteiger partial charge in [0, 0.05) is 4.47 Å². The lowest BCUT2D eigenvalue weighted by molar-refractivity contribution is 0.0487. The van der Waals surface area contributed by atoms with E-state index in [1.807, 2.05) is 32.9 Å². The summed E-state index contributed by atoms with van der Waals surface area (Å²) in [6.07, 6.45) is 1.52. The largest absolute Gasteiger partial charge is 0.443 e. The van der Waals surface area contributed by atoms with Crippen LogP contribution >= 0.6 is 15.9 Å². The zero-order valence-electron chi connectivity index (χ0n) is 11.4. The smallest absolute Gasteiger partial charge is 0.422 e. The fourth-order valence-electron chi connectivity index (χ4n) is 2.21. The Bertz CT molecular complexity index is 483. The van der Waals surface area contributed by atoms with Crippen LogP contribution in [0.3, 0.4) is 0 Å². The van der Waals surface area contributed by atoms with E-state index in [1.54, 1.807) is 0 Å². The van der Waals surface area contributed by atoms with Crippen LogP contribution in [0.5, 0.6) is 0 Å². The number of carbonyl (C=O) groups is 1. The van der Waals surface area contributed by atoms with Gasteiger partial charge in [-0.3, -0.25) is 5.43 Å². The van der Waals surface area contributed by atoms with Crippen LogP contribution in [-0.2, 0) is 11.2 Å². The van der Waals surface area contributed by atoms with Gasteiger partial charge in [0.25, 0.3) is 0 Å². The average Bonchev–Trinajstić information content (AvgIpc) is 2.69. The predicted octanol–water partition coefficient (Wildman–Crippen LogP) is 3.47. The molecule has 2 rings (SSSR count). The molecule has 19 heavy (non-hydrogen) atoms. The maximum absolute atomic E-state index is 11.6. The van der Waals surface area contributed by atoms with Crippen molar-refractivity contribution in [2.75, 3.05) is 0 Å². The molecular weight excluding hydrogens is 308 g/mol. The molecule has 0 spiro atoms. The summed E-state index contributed by atoms with van der Waals surface area (Å²) in [5.41, 5.74) is 7.71. The lowest BCUT2D eigenvalue weighted by Gasteiger charge is -2.21. The quantitative estimate of drug-likeness (QED) is 0.818. The fraction of sp³-hybridized carbons (Fsp3) is 0.500. The van der Waals surface area contributed by atoms with E-state index in [1.165, 1.54) is 11.1 Å². The SMILES string of the molecule is CC(C)(C)OC(=O)NNC1CCc2c(Br)cccc21. The number of rotatable bonds is 2. The Morgan fingerprint density at radius 2 is 2.16 bits per heavy atom. The monoisotopic (exact) mass is 326 g/mol. The second kappa shape index (κ2) is 5.51. The second-order valence-corrected chi connectivity index (χ2v) is 6.52. The van der Waals surface area contributed by atoms with Crippen molar-refractivity contribution in [2.24, 2.45) is 0 Å². The summed E-state index contributed by atoms with van der Waals surface area (Å²) < 4.78 is 6.32. The number of hydrogen-bond donors (Lipinski definition) is 2. The first kappa shape index (κ1) is 14.3. The highest BCUT2D eigenvalue weighted by Gasteiger charge is 2.25. The summed E-state index contributed by atoms with van der Waals surface area (Å²) in [7, 11) is 0. The molecule has 104 valence electrons. The first-order valence-corrected chi connectivity index (χ1v) is 7.18. The van der Waals surface area contributed by atoms with Gasteiger partial charge in [0.2, 0.25) is 0 Å². The number of benzene rings is 1. The number of hydrazine groups is 1. The molecule has 1 aliphatic rings. The molecule has 0 aromatic heterocycles. The molecule has 1 unspecified atom stereocenters. The van der Waals surface area contributed by atoms with Gasteiger partial charge < -0.3 is 4.74 Å². The molecule has 0 aliphatic heterocycles. The van der Waals surface area contributed by atoms with Gasteiger partial charge in [-0.05, 0) is 50.8 Å². The summed E-state index contributed by atoms with van der Waals surface area (Å²) in [6, 6.07) is 6.28. The molecule has 0 saturated heterocycles. The Hall–Kier alpha value is -1.07. The Labute approximate surface area is 122 Å². The molecule has 4 nitrogen and oxygen atoms in total. The van der Waals surface area contributed by atoms with Crippen molar-refractivity contribution in [3.05, 3.63) is 33.8 Å². The summed E-state index contributed by atoms with van der Waals surface area (Å²) in [5, 5.41) is 0. The van der Waals surface area contributed by atoms with Crippen LogP contribution < -0.4 is 10.9 Å². The van der Waals surface area contributed by atoms with E-state index in [0.717, 1.165) is 17.3 Å². The number of nitrogens with one attached hydrogen (secondary N) is 2. The van der Waals surface area contributed by atoms with Crippen LogP contribution in [0.1, 0.15) is 44.4 Å². The third-order valence-electron chi connectivity index (χ3n) is 2.96. The standard InChI is InChI=1S/C14H19BrN2O2/c1-14(2,3)19-13(18)17-16-12-8-7-9-10(12)5-4-6-11(9)15/h4-6,12,16H,7-8H2,1-3H3,(H,17,18). The molecule has 0 saturated carbocycles. The highest BCUT2D eigenvalue weighted by molar-refractivity contribution is 9.10. The molecule has 1 aromatic rings. The zero-order valence-corrected chi connectivity index (χ0v) is 13.0. The van der Waals surface area contributed by atoms with E-state index in [9.17, 15) is 4.79 Å². The maximum Gasteiger partial charge on any atom is 0.422 e. The van der Waals surface area contributed by atoms with Crippen LogP contribution in [0.2, 0.25) is 0 Å². The third kappa shape index (κ3) is 3.70. The highest BCUT2D eigenvalue weighted by atomic mass is 79.9. The van der Waals surface area contributed by atoms with Crippen LogP contribution in [0.15, 0.2) is 22.7 Å². The fourth-order valence-corrected chi connectivity index (χ4v) is 2.79. The third-order valence-corrected chi connectivity index (χ3v) is 3.70. The van der Waals surface area contributed by atoms with Crippen molar-refractivity contribution >= 4 is 22.0 Å². The van der Waals surface area contributed by atoms with E-state index >= 15 is 0 Å². The lowest BCUT2D eigenvalue weighted by atomic mass is 10.1. The molecule has 1 amide bonds. The Balaban J connectivity index is 1.93. The van der Waals surface area contributed by atoms with Crippen molar-refractivity contribution < 1.29 is 9.53 Å². The van der Waals surface area contributed by atoms with Gasteiger partial charge in [0.15, 0.2) is 0 Å². The molecule has 1 atom stereocenters. The molecular formula is C14H19BrN2O2. The van der Waals surface area contributed by atoms with E-state index in [0.29, 0.717) is 0 Å². The topological polar surface area (TPSA) is 50.4 Å². The van der Waals surface area contributed by atoms with Crippen LogP contribution in [0, 0.1) is 0 Å². The summed E-state index contributed by atoms with van der Waals surface area (Å²) in [5.74, 6) is 0. The van der Waals surface area contributed by atoms with Crippen molar-refractivity contribution in [1.82, 2.24) is 10.9 Å². The zero-order chi connectivity index (χ0) is 14.0. The first-order chi connectivity index (χ1) is 8.87. The number of halogens is 1. The molecule has 0 bridgehead atoms. The van der Waals surface area contributed by atoms with Gasteiger partial charge in [0.05, 0.1) is 6.04 Å². The Kier molecular flexibility index (Phi) is 4.16. The number of hydrogen-bond acceptors (Lipinski definition) is 3. The highest BCUT2D eigenvalue weighted by Crippen LogP contribution is 2.35. The maximum atomic E-state index is 11.6. The van der Waals surface area contributed by atoms with Crippen molar-refractivity contribution in [2.45, 2.75) is 45.3 Å². The van der Waals surface area contributed by atoms with Crippen molar-refractivity contribution in [3.8, 4) is 0 Å². The van der Waals surface area contributed by atoms with Gasteiger partial charge in [-0.1, -0.05) is 28.1 Å². The normalized spacial score (nSPS) is 18.0. The molecule has 1 aromatic carbocycles. The second-order valence-electron chi connectivity index (χ2n) is 5.67. The first-order valence-electron chi connectivity index (χ1n) is 6.38. The van der Waals surface area contributed by atoms with E-state index < -0.39 is 11.7 Å². The van der Waals surface area contributed by atoms with Gasteiger partial charge >= 0.3 is 6.09 Å². The number of amides is 1. The van der Waals surface area contributed by atoms with Crippen LogP contribution in [0.4, 0.5) is 4.79 Å². The van der Waals surface area contributed by atoms with Gasteiger partial charge in [-0.25, -0.2) is 10.2 Å². The van der Waals surface area contributed by atoms with Gasteiger partial charge in [0.1, 0.15) is 5.60 Å². The van der Waals surface area contributed by atoms with Gasteiger partial charge in [-0.15, -0.1) is 0 Å². The Morgan fingerprint density at radius 3 is 2.84 bits per heavy atom. The molecule has 1 aliphatic carbocycles. The molecule has 0 radical (unpaired) electrons. The average molecular weight is 327 g/mol. The predicted molar refractivity (Wildman–Crippen MR) is 77.7 cm³/mol. The number of ether oxygens (including phenoxy) is 1. The number of carbonyl (C=O) groups excluding carboxylic acids is 1. The van der Waals surface area contributed by atoms with Crippen molar-refractivity contribution in [3.63, 3.8) is 0 Å². The molecule has 0 heterocycles. The van der Waals surface area contributed by atoms with Crippen LogP contribution in [-0.4, -0.2) is 11.7 Å². The van der Waals surface area contributed by atoms with Crippen LogP contribution in [0.25, 0.3) is 0 Å². The Morgan fingerprint density at radius 1 is 1.42 bits per heavy atom. The molecule has 2 N–H and O–H groups in total.